The maximum Gasteiger partial charge on any atom is 0.345 e. The van der Waals surface area contributed by atoms with Gasteiger partial charge in [0.15, 0.2) is 5.78 Å². The lowest BCUT2D eigenvalue weighted by atomic mass is 10.1. The van der Waals surface area contributed by atoms with Crippen LogP contribution in [0.3, 0.4) is 0 Å². The van der Waals surface area contributed by atoms with Gasteiger partial charge in [-0.05, 0) is 35.9 Å². The van der Waals surface area contributed by atoms with Gasteiger partial charge >= 0.3 is 5.97 Å². The molecule has 2 rings (SSSR count). The van der Waals surface area contributed by atoms with Gasteiger partial charge in [-0.15, -0.1) is 11.3 Å². The summed E-state index contributed by atoms with van der Waals surface area (Å²) < 4.78 is 5.53. The van der Waals surface area contributed by atoms with E-state index in [9.17, 15) is 14.7 Å². The van der Waals surface area contributed by atoms with Crippen molar-refractivity contribution in [3.05, 3.63) is 50.1 Å². The Hall–Kier alpha value is -2.12. The van der Waals surface area contributed by atoms with Crippen LogP contribution < -0.4 is 9.84 Å². The number of methoxy groups -OCH3 is 1. The molecular weight excluding hydrogens is 372 g/mol. The van der Waals surface area contributed by atoms with Crippen molar-refractivity contribution in [2.75, 3.05) is 7.11 Å². The van der Waals surface area contributed by atoms with Crippen LogP contribution in [0.5, 0.6) is 11.5 Å². The number of rotatable bonds is 5. The van der Waals surface area contributed by atoms with Crippen molar-refractivity contribution in [1.82, 2.24) is 0 Å². The maximum atomic E-state index is 12.0. The van der Waals surface area contributed by atoms with Crippen LogP contribution >= 0.6 is 27.3 Å². The minimum Gasteiger partial charge on any atom is -0.870 e. The van der Waals surface area contributed by atoms with Crippen LogP contribution in [0, 0.1) is 0 Å². The largest absolute Gasteiger partial charge is 0.870 e. The van der Waals surface area contributed by atoms with E-state index in [1.807, 2.05) is 0 Å². The van der Waals surface area contributed by atoms with Crippen LogP contribution in [0.15, 0.2) is 34.8 Å². The number of hydrogen-bond donors (Lipinski definition) is 1. The summed E-state index contributed by atoms with van der Waals surface area (Å²) in [6.07, 6.45) is 2.79. The monoisotopic (exact) mass is 381 g/mol. The Morgan fingerprint density at radius 2 is 2.00 bits per heavy atom. The molecule has 0 spiro atoms. The molecule has 7 heteroatoms. The second kappa shape index (κ2) is 6.76. The quantitative estimate of drug-likeness (QED) is 0.634. The highest BCUT2D eigenvalue weighted by Crippen LogP contribution is 2.31. The summed E-state index contributed by atoms with van der Waals surface area (Å²) in [6.45, 7) is 0. The van der Waals surface area contributed by atoms with Crippen molar-refractivity contribution in [3.8, 4) is 11.5 Å². The molecule has 22 heavy (non-hydrogen) atoms. The number of ether oxygens (including phenoxy) is 1. The van der Waals surface area contributed by atoms with E-state index in [0.717, 1.165) is 11.3 Å². The normalized spacial score (nSPS) is 10.8. The molecule has 0 unspecified atom stereocenters. The zero-order chi connectivity index (χ0) is 16.3. The third kappa shape index (κ3) is 3.55. The molecule has 2 aromatic rings. The van der Waals surface area contributed by atoms with Crippen LogP contribution in [0.25, 0.3) is 6.08 Å². The number of carboxylic acids is 1. The second-order valence-corrected chi connectivity index (χ2v) is 6.13. The van der Waals surface area contributed by atoms with Crippen molar-refractivity contribution >= 4 is 45.1 Å². The summed E-state index contributed by atoms with van der Waals surface area (Å²) in [6, 6.07) is 5.72. The number of halogens is 1. The van der Waals surface area contributed by atoms with Gasteiger partial charge in [-0.3, -0.25) is 4.79 Å². The van der Waals surface area contributed by atoms with Gasteiger partial charge in [-0.1, -0.05) is 27.7 Å². The molecule has 0 atom stereocenters. The van der Waals surface area contributed by atoms with E-state index < -0.39 is 5.97 Å². The van der Waals surface area contributed by atoms with Gasteiger partial charge in [0.05, 0.1) is 12.0 Å². The fourth-order valence-corrected chi connectivity index (χ4v) is 2.89. The molecule has 0 aliphatic heterocycles. The molecule has 1 N–H and O–H groups in total. The summed E-state index contributed by atoms with van der Waals surface area (Å²) in [4.78, 5) is 23.2. The Morgan fingerprint density at radius 1 is 1.32 bits per heavy atom. The first-order chi connectivity index (χ1) is 10.4. The zero-order valence-electron chi connectivity index (χ0n) is 11.3. The second-order valence-electron chi connectivity index (χ2n) is 4.19. The average Bonchev–Trinajstić information content (AvgIpc) is 2.97. The number of aromatic carboxylic acids is 1. The summed E-state index contributed by atoms with van der Waals surface area (Å²) in [5.74, 6) is -1.48. The number of carbonyl (C=O) groups excluding carboxylic acids is 1. The molecule has 5 nitrogen and oxygen atoms in total. The highest BCUT2D eigenvalue weighted by molar-refractivity contribution is 9.10. The Labute approximate surface area is 138 Å². The van der Waals surface area contributed by atoms with Crippen LogP contribution in [0.4, 0.5) is 0 Å². The molecule has 114 valence electrons. The number of thiophene rings is 1. The molecule has 0 amide bonds. The maximum absolute atomic E-state index is 12.0. The van der Waals surface area contributed by atoms with E-state index in [1.54, 1.807) is 0 Å². The van der Waals surface area contributed by atoms with Gasteiger partial charge in [-0.2, -0.15) is 0 Å². The summed E-state index contributed by atoms with van der Waals surface area (Å²) in [7, 11) is 1.40. The molecular formula is C15H10BrO5S-. The van der Waals surface area contributed by atoms with Crippen LogP contribution in [0.1, 0.15) is 24.9 Å². The first-order valence-electron chi connectivity index (χ1n) is 6.02. The SMILES string of the molecule is COc1cc(Br)c(/C=C/C(=O)c2ccc(C(=O)O)s2)cc1[O-]. The lowest BCUT2D eigenvalue weighted by molar-refractivity contribution is -0.270. The molecule has 0 radical (unpaired) electrons. The molecule has 1 aromatic carbocycles. The Kier molecular flexibility index (Phi) is 4.99. The zero-order valence-corrected chi connectivity index (χ0v) is 13.7. The third-order valence-corrected chi connectivity index (χ3v) is 4.53. The fraction of sp³-hybridized carbons (Fsp3) is 0.0667. The van der Waals surface area contributed by atoms with E-state index in [2.05, 4.69) is 15.9 Å². The highest BCUT2D eigenvalue weighted by Gasteiger charge is 2.11. The molecule has 1 heterocycles. The number of benzene rings is 1. The minimum atomic E-state index is -1.07. The van der Waals surface area contributed by atoms with Crippen molar-refractivity contribution in [1.29, 1.82) is 0 Å². The van der Waals surface area contributed by atoms with E-state index in [4.69, 9.17) is 9.84 Å². The molecule has 0 saturated carbocycles. The van der Waals surface area contributed by atoms with Gasteiger partial charge < -0.3 is 14.9 Å². The number of carbonyl (C=O) groups is 2. The lowest BCUT2D eigenvalue weighted by Crippen LogP contribution is -1.96. The molecule has 0 fully saturated rings. The lowest BCUT2D eigenvalue weighted by Gasteiger charge is -2.14. The van der Waals surface area contributed by atoms with Crippen molar-refractivity contribution in [2.24, 2.45) is 0 Å². The number of carboxylic acid groups (broad SMARTS) is 1. The van der Waals surface area contributed by atoms with Gasteiger partial charge in [0.2, 0.25) is 0 Å². The van der Waals surface area contributed by atoms with Crippen LogP contribution in [-0.2, 0) is 0 Å². The summed E-state index contributed by atoms with van der Waals surface area (Å²) in [5, 5.41) is 20.5. The highest BCUT2D eigenvalue weighted by atomic mass is 79.9. The average molecular weight is 382 g/mol. The third-order valence-electron chi connectivity index (χ3n) is 2.76. The fourth-order valence-electron chi connectivity index (χ4n) is 1.67. The molecule has 0 aliphatic rings. The van der Waals surface area contributed by atoms with E-state index in [0.29, 0.717) is 14.9 Å². The van der Waals surface area contributed by atoms with Crippen molar-refractivity contribution in [2.45, 2.75) is 0 Å². The Bertz CT molecular complexity index is 763. The van der Waals surface area contributed by atoms with E-state index in [-0.39, 0.29) is 22.2 Å². The Morgan fingerprint density at radius 3 is 2.59 bits per heavy atom. The summed E-state index contributed by atoms with van der Waals surface area (Å²) >= 11 is 4.20. The predicted molar refractivity (Wildman–Crippen MR) is 84.8 cm³/mol. The number of ketones is 1. The first kappa shape index (κ1) is 16.3. The van der Waals surface area contributed by atoms with Crippen molar-refractivity contribution < 1.29 is 24.5 Å². The van der Waals surface area contributed by atoms with E-state index >= 15 is 0 Å². The summed E-state index contributed by atoms with van der Waals surface area (Å²) in [5.41, 5.74) is 0.536. The van der Waals surface area contributed by atoms with Crippen LogP contribution in [-0.4, -0.2) is 24.0 Å². The molecule has 1 aromatic heterocycles. The van der Waals surface area contributed by atoms with Gasteiger partial charge in [0.1, 0.15) is 10.6 Å². The Balaban J connectivity index is 2.22. The first-order valence-corrected chi connectivity index (χ1v) is 7.63. The topological polar surface area (TPSA) is 86.7 Å². The number of hydrogen-bond acceptors (Lipinski definition) is 5. The standard InChI is InChI=1S/C15H11BrO5S/c1-21-12-7-9(16)8(6-11(12)18)2-3-10(17)13-4-5-14(22-13)15(19)20/h2-7,18H,1H3,(H,19,20)/p-1/b3-2+. The smallest absolute Gasteiger partial charge is 0.345 e. The minimum absolute atomic E-state index is 0.101. The van der Waals surface area contributed by atoms with E-state index in [1.165, 1.54) is 43.5 Å². The van der Waals surface area contributed by atoms with Crippen LogP contribution in [0.2, 0.25) is 0 Å². The number of allylic oxidation sites excluding steroid dienone is 1. The van der Waals surface area contributed by atoms with Gasteiger partial charge in [-0.25, -0.2) is 4.79 Å². The molecule has 0 saturated heterocycles. The predicted octanol–water partition coefficient (Wildman–Crippen LogP) is 3.19. The van der Waals surface area contributed by atoms with Crippen molar-refractivity contribution in [3.63, 3.8) is 0 Å². The molecule has 0 bridgehead atoms. The molecule has 0 aliphatic carbocycles. The van der Waals surface area contributed by atoms with Gasteiger partial charge in [0.25, 0.3) is 0 Å². The van der Waals surface area contributed by atoms with Gasteiger partial charge in [0, 0.05) is 4.47 Å².